The minimum atomic E-state index is -0.0441. The number of hydrogen-bond acceptors (Lipinski definition) is 4. The van der Waals surface area contributed by atoms with Crippen molar-refractivity contribution in [1.29, 1.82) is 0 Å². The normalized spacial score (nSPS) is 10.5. The number of aliphatic hydroxyl groups is 1. The highest BCUT2D eigenvalue weighted by Gasteiger charge is 2.13. The van der Waals surface area contributed by atoms with Gasteiger partial charge in [0.2, 0.25) is 5.88 Å². The van der Waals surface area contributed by atoms with E-state index < -0.39 is 0 Å². The van der Waals surface area contributed by atoms with Crippen LogP contribution in [0.25, 0.3) is 5.69 Å². The third-order valence-corrected chi connectivity index (χ3v) is 2.45. The van der Waals surface area contributed by atoms with Crippen LogP contribution in [0.2, 0.25) is 0 Å². The lowest BCUT2D eigenvalue weighted by Crippen LogP contribution is -2.03. The molecular formula is C12H15N3O2. The summed E-state index contributed by atoms with van der Waals surface area (Å²) in [6.07, 6.45) is 0. The molecule has 0 spiro atoms. The molecule has 0 saturated carbocycles. The maximum atomic E-state index is 8.72. The van der Waals surface area contributed by atoms with Gasteiger partial charge in [0.15, 0.2) is 0 Å². The van der Waals surface area contributed by atoms with Crippen LogP contribution in [0, 0.1) is 6.92 Å². The van der Waals surface area contributed by atoms with Gasteiger partial charge in [0.1, 0.15) is 12.4 Å². The van der Waals surface area contributed by atoms with Gasteiger partial charge in [-0.15, -0.1) is 5.10 Å². The molecule has 0 fully saturated rings. The summed E-state index contributed by atoms with van der Waals surface area (Å²) in [7, 11) is 0. The summed E-state index contributed by atoms with van der Waals surface area (Å²) in [5, 5.41) is 13.0. The first-order valence-corrected chi connectivity index (χ1v) is 5.38. The molecule has 5 heteroatoms. The summed E-state index contributed by atoms with van der Waals surface area (Å²) in [5.74, 6) is 1.00. The molecule has 3 N–H and O–H groups in total. The van der Waals surface area contributed by atoms with E-state index in [1.165, 1.54) is 0 Å². The lowest BCUT2D eigenvalue weighted by Gasteiger charge is -2.02. The first-order chi connectivity index (χ1) is 8.24. The molecule has 90 valence electrons. The minimum Gasteiger partial charge on any atom is -0.474 e. The zero-order chi connectivity index (χ0) is 12.3. The van der Waals surface area contributed by atoms with E-state index in [4.69, 9.17) is 15.6 Å². The molecular weight excluding hydrogens is 218 g/mol. The van der Waals surface area contributed by atoms with Crippen LogP contribution in [-0.2, 0) is 0 Å². The summed E-state index contributed by atoms with van der Waals surface area (Å²) in [6.45, 7) is 2.01. The molecule has 2 rings (SSSR count). The summed E-state index contributed by atoms with van der Waals surface area (Å²) in [4.78, 5) is 0. The van der Waals surface area contributed by atoms with Crippen molar-refractivity contribution in [3.63, 3.8) is 0 Å². The van der Waals surface area contributed by atoms with Crippen LogP contribution in [0.1, 0.15) is 5.56 Å². The molecule has 1 aromatic carbocycles. The number of ether oxygens (including phenoxy) is 1. The number of aromatic nitrogens is 2. The van der Waals surface area contributed by atoms with E-state index in [1.807, 2.05) is 37.3 Å². The number of nitrogens with zero attached hydrogens (tertiary/aromatic N) is 2. The molecule has 0 bridgehead atoms. The molecule has 0 radical (unpaired) electrons. The molecule has 0 atom stereocenters. The van der Waals surface area contributed by atoms with Crippen molar-refractivity contribution in [2.45, 2.75) is 6.92 Å². The molecule has 2 aromatic rings. The van der Waals surface area contributed by atoms with Gasteiger partial charge in [-0.25, -0.2) is 4.68 Å². The van der Waals surface area contributed by atoms with Gasteiger partial charge >= 0.3 is 0 Å². The SMILES string of the molecule is Cc1c(OCCO)nn(-c2ccccc2)c1N. The van der Waals surface area contributed by atoms with Gasteiger partial charge in [0.05, 0.1) is 17.9 Å². The Morgan fingerprint density at radius 2 is 2.06 bits per heavy atom. The van der Waals surface area contributed by atoms with Crippen LogP contribution in [0.15, 0.2) is 30.3 Å². The quantitative estimate of drug-likeness (QED) is 0.830. The van der Waals surface area contributed by atoms with Crippen LogP contribution in [0.4, 0.5) is 5.82 Å². The Hall–Kier alpha value is -2.01. The predicted octanol–water partition coefficient (Wildman–Crippen LogP) is 1.13. The number of para-hydroxylation sites is 1. The van der Waals surface area contributed by atoms with Crippen molar-refractivity contribution in [3.8, 4) is 11.6 Å². The summed E-state index contributed by atoms with van der Waals surface area (Å²) < 4.78 is 6.93. The summed E-state index contributed by atoms with van der Waals surface area (Å²) in [6, 6.07) is 9.59. The fourth-order valence-electron chi connectivity index (χ4n) is 1.53. The Bertz CT molecular complexity index is 494. The van der Waals surface area contributed by atoms with E-state index in [-0.39, 0.29) is 13.2 Å². The first kappa shape index (κ1) is 11.5. The topological polar surface area (TPSA) is 73.3 Å². The number of hydrogen-bond donors (Lipinski definition) is 2. The molecule has 5 nitrogen and oxygen atoms in total. The second-order valence-corrected chi connectivity index (χ2v) is 3.63. The number of anilines is 1. The van der Waals surface area contributed by atoms with E-state index in [1.54, 1.807) is 4.68 Å². The van der Waals surface area contributed by atoms with Crippen molar-refractivity contribution in [2.75, 3.05) is 18.9 Å². The highest BCUT2D eigenvalue weighted by Crippen LogP contribution is 2.25. The molecule has 1 heterocycles. The van der Waals surface area contributed by atoms with Gasteiger partial charge in [0.25, 0.3) is 0 Å². The van der Waals surface area contributed by atoms with Crippen LogP contribution in [0.5, 0.6) is 5.88 Å². The Kier molecular flexibility index (Phi) is 3.30. The third-order valence-electron chi connectivity index (χ3n) is 2.45. The van der Waals surface area contributed by atoms with Crippen LogP contribution >= 0.6 is 0 Å². The molecule has 0 aliphatic heterocycles. The molecule has 0 amide bonds. The highest BCUT2D eigenvalue weighted by molar-refractivity contribution is 5.51. The molecule has 17 heavy (non-hydrogen) atoms. The van der Waals surface area contributed by atoms with Gasteiger partial charge in [-0.2, -0.15) is 0 Å². The Labute approximate surface area is 99.4 Å². The molecule has 0 unspecified atom stereocenters. The average molecular weight is 233 g/mol. The second kappa shape index (κ2) is 4.88. The van der Waals surface area contributed by atoms with E-state index in [2.05, 4.69) is 5.10 Å². The second-order valence-electron chi connectivity index (χ2n) is 3.63. The van der Waals surface area contributed by atoms with Crippen molar-refractivity contribution in [3.05, 3.63) is 35.9 Å². The lowest BCUT2D eigenvalue weighted by molar-refractivity contribution is 0.195. The maximum absolute atomic E-state index is 8.72. The average Bonchev–Trinajstić information content (AvgIpc) is 2.65. The summed E-state index contributed by atoms with van der Waals surface area (Å²) in [5.41, 5.74) is 7.63. The van der Waals surface area contributed by atoms with Gasteiger partial charge in [-0.1, -0.05) is 18.2 Å². The van der Waals surface area contributed by atoms with E-state index in [0.717, 1.165) is 11.3 Å². The van der Waals surface area contributed by atoms with Crippen molar-refractivity contribution >= 4 is 5.82 Å². The Morgan fingerprint density at radius 3 is 2.71 bits per heavy atom. The number of rotatable bonds is 4. The van der Waals surface area contributed by atoms with Crippen LogP contribution < -0.4 is 10.5 Å². The minimum absolute atomic E-state index is 0.0441. The largest absolute Gasteiger partial charge is 0.474 e. The number of nitrogen functional groups attached to an aromatic ring is 1. The van der Waals surface area contributed by atoms with Crippen molar-refractivity contribution in [2.24, 2.45) is 0 Å². The number of aliphatic hydroxyl groups excluding tert-OH is 1. The predicted molar refractivity (Wildman–Crippen MR) is 65.3 cm³/mol. The van der Waals surface area contributed by atoms with Crippen molar-refractivity contribution < 1.29 is 9.84 Å². The van der Waals surface area contributed by atoms with Crippen molar-refractivity contribution in [1.82, 2.24) is 9.78 Å². The highest BCUT2D eigenvalue weighted by atomic mass is 16.5. The zero-order valence-corrected chi connectivity index (χ0v) is 9.63. The Morgan fingerprint density at radius 1 is 1.35 bits per heavy atom. The summed E-state index contributed by atoms with van der Waals surface area (Å²) >= 11 is 0. The van der Waals surface area contributed by atoms with Gasteiger partial charge in [-0.05, 0) is 19.1 Å². The molecule has 0 saturated heterocycles. The van der Waals surface area contributed by atoms with Gasteiger partial charge in [0, 0.05) is 0 Å². The molecule has 0 aliphatic carbocycles. The number of nitrogens with two attached hydrogens (primary N) is 1. The lowest BCUT2D eigenvalue weighted by atomic mass is 10.3. The zero-order valence-electron chi connectivity index (χ0n) is 9.63. The monoisotopic (exact) mass is 233 g/mol. The first-order valence-electron chi connectivity index (χ1n) is 5.38. The maximum Gasteiger partial charge on any atom is 0.238 e. The Balaban J connectivity index is 2.36. The molecule has 0 aliphatic rings. The van der Waals surface area contributed by atoms with Crippen LogP contribution in [0.3, 0.4) is 0 Å². The molecule has 1 aromatic heterocycles. The van der Waals surface area contributed by atoms with Gasteiger partial charge < -0.3 is 15.6 Å². The standard InChI is InChI=1S/C12H15N3O2/c1-9-11(13)15(10-5-3-2-4-6-10)14-12(9)17-8-7-16/h2-6,16H,7-8,13H2,1H3. The van der Waals surface area contributed by atoms with Gasteiger partial charge in [-0.3, -0.25) is 0 Å². The van der Waals surface area contributed by atoms with Crippen LogP contribution in [-0.4, -0.2) is 28.1 Å². The number of benzene rings is 1. The fraction of sp³-hybridized carbons (Fsp3) is 0.250. The van der Waals surface area contributed by atoms with E-state index in [0.29, 0.717) is 11.7 Å². The van der Waals surface area contributed by atoms with E-state index in [9.17, 15) is 0 Å². The smallest absolute Gasteiger partial charge is 0.238 e. The fourth-order valence-corrected chi connectivity index (χ4v) is 1.53. The van der Waals surface area contributed by atoms with E-state index >= 15 is 0 Å². The third kappa shape index (κ3) is 2.24.